The molecule has 0 unspecified atom stereocenters. The van der Waals surface area contributed by atoms with Crippen LogP contribution in [-0.4, -0.2) is 21.4 Å². The fourth-order valence-electron chi connectivity index (χ4n) is 1.72. The van der Waals surface area contributed by atoms with Gasteiger partial charge in [0.25, 0.3) is 0 Å². The Morgan fingerprint density at radius 3 is 2.95 bits per heavy atom. The summed E-state index contributed by atoms with van der Waals surface area (Å²) in [5, 5.41) is 6.97. The number of hydrogen-bond acceptors (Lipinski definition) is 3. The van der Waals surface area contributed by atoms with Gasteiger partial charge in [0, 0.05) is 22.1 Å². The highest BCUT2D eigenvalue weighted by atomic mass is 79.9. The second-order valence-corrected chi connectivity index (χ2v) is 6.26. The van der Waals surface area contributed by atoms with Crippen LogP contribution < -0.4 is 5.32 Å². The van der Waals surface area contributed by atoms with Crippen LogP contribution in [0.15, 0.2) is 40.0 Å². The first-order valence-corrected chi connectivity index (χ1v) is 8.07. The molecule has 0 aliphatic rings. The van der Waals surface area contributed by atoms with E-state index < -0.39 is 0 Å². The van der Waals surface area contributed by atoms with Crippen molar-refractivity contribution in [1.82, 2.24) is 9.78 Å². The van der Waals surface area contributed by atoms with E-state index in [2.05, 4.69) is 26.3 Å². The van der Waals surface area contributed by atoms with E-state index in [1.165, 1.54) is 11.8 Å². The highest BCUT2D eigenvalue weighted by molar-refractivity contribution is 9.10. The number of benzene rings is 1. The quantitative estimate of drug-likeness (QED) is 0.833. The molecule has 0 atom stereocenters. The van der Waals surface area contributed by atoms with Crippen LogP contribution in [0.5, 0.6) is 0 Å². The fraction of sp³-hybridized carbons (Fsp3) is 0.286. The van der Waals surface area contributed by atoms with Crippen LogP contribution in [0.1, 0.15) is 12.5 Å². The summed E-state index contributed by atoms with van der Waals surface area (Å²) in [6.45, 7) is 4.84. The minimum atomic E-state index is -0.0204. The summed E-state index contributed by atoms with van der Waals surface area (Å²) in [5.74, 6) is 0.368. The molecular formula is C14H16BrN3OS. The molecule has 0 bridgehead atoms. The molecule has 106 valence electrons. The van der Waals surface area contributed by atoms with Crippen molar-refractivity contribution in [1.29, 1.82) is 0 Å². The average molecular weight is 354 g/mol. The van der Waals surface area contributed by atoms with Crippen LogP contribution in [0.2, 0.25) is 0 Å². The molecular weight excluding hydrogens is 338 g/mol. The molecule has 1 aromatic carbocycles. The Morgan fingerprint density at radius 2 is 2.30 bits per heavy atom. The summed E-state index contributed by atoms with van der Waals surface area (Å²) >= 11 is 4.97. The number of rotatable bonds is 5. The topological polar surface area (TPSA) is 46.9 Å². The SMILES string of the molecule is CCn1cc(NC(=O)CSc2ccc(Br)cc2C)cn1. The smallest absolute Gasteiger partial charge is 0.234 e. The highest BCUT2D eigenvalue weighted by Gasteiger charge is 2.07. The van der Waals surface area contributed by atoms with Crippen molar-refractivity contribution in [3.63, 3.8) is 0 Å². The van der Waals surface area contributed by atoms with E-state index in [1.807, 2.05) is 38.2 Å². The van der Waals surface area contributed by atoms with Crippen LogP contribution >= 0.6 is 27.7 Å². The summed E-state index contributed by atoms with van der Waals surface area (Å²) in [6, 6.07) is 6.05. The van der Waals surface area contributed by atoms with Gasteiger partial charge in [0.1, 0.15) is 0 Å². The lowest BCUT2D eigenvalue weighted by molar-refractivity contribution is -0.113. The third kappa shape index (κ3) is 4.11. The summed E-state index contributed by atoms with van der Waals surface area (Å²) in [6.07, 6.45) is 3.49. The minimum Gasteiger partial charge on any atom is -0.323 e. The first kappa shape index (κ1) is 15.1. The maximum absolute atomic E-state index is 11.9. The van der Waals surface area contributed by atoms with Gasteiger partial charge in [-0.1, -0.05) is 15.9 Å². The van der Waals surface area contributed by atoms with E-state index in [4.69, 9.17) is 0 Å². The molecule has 6 heteroatoms. The van der Waals surface area contributed by atoms with E-state index in [9.17, 15) is 4.79 Å². The molecule has 0 aliphatic heterocycles. The number of amides is 1. The zero-order chi connectivity index (χ0) is 14.5. The molecule has 1 N–H and O–H groups in total. The van der Waals surface area contributed by atoms with Gasteiger partial charge in [-0.25, -0.2) is 0 Å². The molecule has 2 rings (SSSR count). The summed E-state index contributed by atoms with van der Waals surface area (Å²) in [5.41, 5.74) is 1.90. The molecule has 0 saturated carbocycles. The summed E-state index contributed by atoms with van der Waals surface area (Å²) in [7, 11) is 0. The van der Waals surface area contributed by atoms with E-state index in [0.717, 1.165) is 27.2 Å². The van der Waals surface area contributed by atoms with Crippen LogP contribution in [0.4, 0.5) is 5.69 Å². The van der Waals surface area contributed by atoms with Gasteiger partial charge in [0.15, 0.2) is 0 Å². The van der Waals surface area contributed by atoms with Crippen molar-refractivity contribution in [2.45, 2.75) is 25.3 Å². The maximum atomic E-state index is 11.9. The number of aryl methyl sites for hydroxylation is 2. The predicted octanol–water partition coefficient (Wildman–Crippen LogP) is 3.70. The summed E-state index contributed by atoms with van der Waals surface area (Å²) in [4.78, 5) is 13.0. The number of nitrogens with one attached hydrogen (secondary N) is 1. The van der Waals surface area contributed by atoms with Gasteiger partial charge >= 0.3 is 0 Å². The van der Waals surface area contributed by atoms with Gasteiger partial charge in [-0.2, -0.15) is 5.10 Å². The molecule has 2 aromatic rings. The molecule has 0 fully saturated rings. The third-order valence-electron chi connectivity index (χ3n) is 2.74. The standard InChI is InChI=1S/C14H16BrN3OS/c1-3-18-8-12(7-16-18)17-14(19)9-20-13-5-4-11(15)6-10(13)2/h4-8H,3,9H2,1-2H3,(H,17,19). The Balaban J connectivity index is 1.88. The monoisotopic (exact) mass is 353 g/mol. The number of carbonyl (C=O) groups is 1. The number of aromatic nitrogens is 2. The molecule has 0 spiro atoms. The van der Waals surface area contributed by atoms with Crippen molar-refractivity contribution >= 4 is 39.3 Å². The lowest BCUT2D eigenvalue weighted by Crippen LogP contribution is -2.13. The van der Waals surface area contributed by atoms with E-state index >= 15 is 0 Å². The van der Waals surface area contributed by atoms with Gasteiger partial charge in [-0.3, -0.25) is 9.48 Å². The fourth-order valence-corrected chi connectivity index (χ4v) is 3.00. The lowest BCUT2D eigenvalue weighted by atomic mass is 10.2. The molecule has 1 amide bonds. The van der Waals surface area contributed by atoms with E-state index in [-0.39, 0.29) is 5.91 Å². The van der Waals surface area contributed by atoms with Crippen molar-refractivity contribution in [2.75, 3.05) is 11.1 Å². The third-order valence-corrected chi connectivity index (χ3v) is 4.41. The molecule has 0 saturated heterocycles. The molecule has 4 nitrogen and oxygen atoms in total. The van der Waals surface area contributed by atoms with E-state index in [0.29, 0.717) is 5.75 Å². The highest BCUT2D eigenvalue weighted by Crippen LogP contribution is 2.25. The minimum absolute atomic E-state index is 0.0204. The number of nitrogens with zero attached hydrogens (tertiary/aromatic N) is 2. The first-order valence-electron chi connectivity index (χ1n) is 6.29. The number of halogens is 1. The van der Waals surface area contributed by atoms with Crippen LogP contribution in [-0.2, 0) is 11.3 Å². The number of carbonyl (C=O) groups excluding carboxylic acids is 1. The molecule has 1 aromatic heterocycles. The summed E-state index contributed by atoms with van der Waals surface area (Å²) < 4.78 is 2.83. The van der Waals surface area contributed by atoms with Crippen molar-refractivity contribution in [3.05, 3.63) is 40.6 Å². The molecule has 20 heavy (non-hydrogen) atoms. The average Bonchev–Trinajstić information content (AvgIpc) is 2.85. The van der Waals surface area contributed by atoms with Gasteiger partial charge in [-0.05, 0) is 37.6 Å². The largest absolute Gasteiger partial charge is 0.323 e. The van der Waals surface area contributed by atoms with Crippen molar-refractivity contribution in [2.24, 2.45) is 0 Å². The van der Waals surface area contributed by atoms with Gasteiger partial charge in [0.05, 0.1) is 17.6 Å². The number of anilines is 1. The first-order chi connectivity index (χ1) is 9.58. The predicted molar refractivity (Wildman–Crippen MR) is 86.1 cm³/mol. The Labute approximate surface area is 131 Å². The van der Waals surface area contributed by atoms with Gasteiger partial charge < -0.3 is 5.32 Å². The van der Waals surface area contributed by atoms with Crippen molar-refractivity contribution < 1.29 is 4.79 Å². The van der Waals surface area contributed by atoms with E-state index in [1.54, 1.807) is 10.9 Å². The normalized spacial score (nSPS) is 10.6. The van der Waals surface area contributed by atoms with Gasteiger partial charge in [0.2, 0.25) is 5.91 Å². The zero-order valence-corrected chi connectivity index (χ0v) is 13.8. The second-order valence-electron chi connectivity index (χ2n) is 4.33. The van der Waals surface area contributed by atoms with Crippen LogP contribution in [0.25, 0.3) is 0 Å². The Morgan fingerprint density at radius 1 is 1.50 bits per heavy atom. The van der Waals surface area contributed by atoms with Crippen LogP contribution in [0.3, 0.4) is 0 Å². The zero-order valence-electron chi connectivity index (χ0n) is 11.4. The maximum Gasteiger partial charge on any atom is 0.234 e. The Hall–Kier alpha value is -1.27. The Kier molecular flexibility index (Phi) is 5.25. The number of hydrogen-bond donors (Lipinski definition) is 1. The molecule has 0 aliphatic carbocycles. The lowest BCUT2D eigenvalue weighted by Gasteiger charge is -2.06. The van der Waals surface area contributed by atoms with Crippen molar-refractivity contribution in [3.8, 4) is 0 Å². The Bertz CT molecular complexity index is 612. The molecule has 0 radical (unpaired) electrons. The van der Waals surface area contributed by atoms with Crippen LogP contribution in [0, 0.1) is 6.92 Å². The number of thioether (sulfide) groups is 1. The van der Waals surface area contributed by atoms with Gasteiger partial charge in [-0.15, -0.1) is 11.8 Å². The second kappa shape index (κ2) is 6.95. The molecule has 1 heterocycles.